The van der Waals surface area contributed by atoms with E-state index in [1.807, 2.05) is 23.1 Å². The summed E-state index contributed by atoms with van der Waals surface area (Å²) in [6.45, 7) is 5.23. The highest BCUT2D eigenvalue weighted by atomic mass is 16.2. The number of carbonyl (C=O) groups is 1. The van der Waals surface area contributed by atoms with Crippen LogP contribution in [-0.4, -0.2) is 34.9 Å². The van der Waals surface area contributed by atoms with Gasteiger partial charge in [0.25, 0.3) is 0 Å². The molecule has 17 heavy (non-hydrogen) atoms. The van der Waals surface area contributed by atoms with Crippen LogP contribution in [-0.2, 0) is 11.2 Å². The van der Waals surface area contributed by atoms with E-state index in [1.165, 1.54) is 0 Å². The Bertz CT molecular complexity index is 338. The van der Waals surface area contributed by atoms with Crippen molar-refractivity contribution in [3.63, 3.8) is 0 Å². The maximum Gasteiger partial charge on any atom is 0.239 e. The number of hydrogen-bond acceptors (Lipinski definition) is 3. The number of amides is 1. The fraction of sp³-hybridized carbons (Fsp3) is 0.538. The summed E-state index contributed by atoms with van der Waals surface area (Å²) in [5.41, 5.74) is 6.63. The van der Waals surface area contributed by atoms with Gasteiger partial charge in [0.1, 0.15) is 0 Å². The van der Waals surface area contributed by atoms with Gasteiger partial charge in [-0.25, -0.2) is 0 Å². The predicted molar refractivity (Wildman–Crippen MR) is 68.5 cm³/mol. The minimum atomic E-state index is -0.426. The van der Waals surface area contributed by atoms with Crippen LogP contribution >= 0.6 is 0 Å². The molecular formula is C13H21N3O. The van der Waals surface area contributed by atoms with E-state index in [2.05, 4.69) is 11.9 Å². The lowest BCUT2D eigenvalue weighted by Crippen LogP contribution is -2.43. The Morgan fingerprint density at radius 3 is 2.76 bits per heavy atom. The second kappa shape index (κ2) is 7.01. The second-order valence-corrected chi connectivity index (χ2v) is 4.19. The molecule has 0 saturated heterocycles. The van der Waals surface area contributed by atoms with Crippen molar-refractivity contribution in [2.24, 2.45) is 5.73 Å². The number of rotatable bonds is 6. The Kier molecular flexibility index (Phi) is 5.63. The normalized spacial score (nSPS) is 12.2. The molecule has 0 unspecified atom stereocenters. The maximum atomic E-state index is 11.8. The summed E-state index contributed by atoms with van der Waals surface area (Å²) < 4.78 is 0. The SMILES string of the molecule is CCCN(CCc1ccccn1)C(=O)[C@H](C)N. The molecule has 4 heteroatoms. The Labute approximate surface area is 103 Å². The van der Waals surface area contributed by atoms with Crippen LogP contribution in [0.15, 0.2) is 24.4 Å². The first kappa shape index (κ1) is 13.6. The molecule has 0 radical (unpaired) electrons. The molecule has 1 amide bonds. The fourth-order valence-electron chi connectivity index (χ4n) is 1.69. The molecular weight excluding hydrogens is 214 g/mol. The van der Waals surface area contributed by atoms with Crippen molar-refractivity contribution >= 4 is 5.91 Å². The molecule has 1 rings (SSSR count). The average molecular weight is 235 g/mol. The number of pyridine rings is 1. The van der Waals surface area contributed by atoms with Gasteiger partial charge in [-0.1, -0.05) is 13.0 Å². The summed E-state index contributed by atoms with van der Waals surface area (Å²) in [6, 6.07) is 5.39. The largest absolute Gasteiger partial charge is 0.341 e. The van der Waals surface area contributed by atoms with E-state index in [0.717, 1.165) is 25.1 Å². The molecule has 1 aromatic heterocycles. The van der Waals surface area contributed by atoms with E-state index in [0.29, 0.717) is 6.54 Å². The van der Waals surface area contributed by atoms with Crippen molar-refractivity contribution < 1.29 is 4.79 Å². The molecule has 1 aromatic rings. The Morgan fingerprint density at radius 1 is 1.47 bits per heavy atom. The monoisotopic (exact) mass is 235 g/mol. The third kappa shape index (κ3) is 4.53. The van der Waals surface area contributed by atoms with Crippen LogP contribution in [0.4, 0.5) is 0 Å². The van der Waals surface area contributed by atoms with Crippen molar-refractivity contribution in [2.45, 2.75) is 32.7 Å². The highest BCUT2D eigenvalue weighted by Gasteiger charge is 2.16. The van der Waals surface area contributed by atoms with Crippen LogP contribution in [0, 0.1) is 0 Å². The Morgan fingerprint density at radius 2 is 2.24 bits per heavy atom. The fourth-order valence-corrected chi connectivity index (χ4v) is 1.69. The molecule has 0 aliphatic heterocycles. The third-order valence-corrected chi connectivity index (χ3v) is 2.56. The zero-order valence-corrected chi connectivity index (χ0v) is 10.6. The van der Waals surface area contributed by atoms with Gasteiger partial charge in [0.05, 0.1) is 6.04 Å². The smallest absolute Gasteiger partial charge is 0.239 e. The van der Waals surface area contributed by atoms with Crippen LogP contribution in [0.25, 0.3) is 0 Å². The van der Waals surface area contributed by atoms with Gasteiger partial charge in [0.15, 0.2) is 0 Å². The lowest BCUT2D eigenvalue weighted by atomic mass is 10.2. The first-order chi connectivity index (χ1) is 8.15. The topological polar surface area (TPSA) is 59.2 Å². The molecule has 0 aliphatic rings. The Hall–Kier alpha value is -1.42. The quantitative estimate of drug-likeness (QED) is 0.806. The van der Waals surface area contributed by atoms with Gasteiger partial charge < -0.3 is 10.6 Å². The molecule has 4 nitrogen and oxygen atoms in total. The molecule has 0 fully saturated rings. The zero-order chi connectivity index (χ0) is 12.7. The Balaban J connectivity index is 2.53. The molecule has 0 aliphatic carbocycles. The lowest BCUT2D eigenvalue weighted by Gasteiger charge is -2.23. The molecule has 1 atom stereocenters. The van der Waals surface area contributed by atoms with Crippen molar-refractivity contribution in [2.75, 3.05) is 13.1 Å². The zero-order valence-electron chi connectivity index (χ0n) is 10.6. The predicted octanol–water partition coefficient (Wildman–Crippen LogP) is 1.21. The molecule has 0 saturated carbocycles. The van der Waals surface area contributed by atoms with Gasteiger partial charge in [-0.15, -0.1) is 0 Å². The van der Waals surface area contributed by atoms with Crippen LogP contribution in [0.3, 0.4) is 0 Å². The van der Waals surface area contributed by atoms with Gasteiger partial charge in [-0.2, -0.15) is 0 Å². The number of hydrogen-bond donors (Lipinski definition) is 1. The molecule has 0 aromatic carbocycles. The van der Waals surface area contributed by atoms with Crippen LogP contribution in [0.5, 0.6) is 0 Å². The van der Waals surface area contributed by atoms with Crippen molar-refractivity contribution in [3.8, 4) is 0 Å². The number of nitrogens with zero attached hydrogens (tertiary/aromatic N) is 2. The highest BCUT2D eigenvalue weighted by Crippen LogP contribution is 2.01. The molecule has 0 spiro atoms. The highest BCUT2D eigenvalue weighted by molar-refractivity contribution is 5.81. The van der Waals surface area contributed by atoms with Crippen LogP contribution in [0.2, 0.25) is 0 Å². The summed E-state index contributed by atoms with van der Waals surface area (Å²) in [7, 11) is 0. The van der Waals surface area contributed by atoms with E-state index in [9.17, 15) is 4.79 Å². The third-order valence-electron chi connectivity index (χ3n) is 2.56. The van der Waals surface area contributed by atoms with Crippen LogP contribution in [0.1, 0.15) is 26.0 Å². The number of carbonyl (C=O) groups excluding carboxylic acids is 1. The van der Waals surface area contributed by atoms with E-state index < -0.39 is 6.04 Å². The lowest BCUT2D eigenvalue weighted by molar-refractivity contribution is -0.132. The van der Waals surface area contributed by atoms with Gasteiger partial charge in [0.2, 0.25) is 5.91 Å². The van der Waals surface area contributed by atoms with Gasteiger partial charge in [-0.3, -0.25) is 9.78 Å². The summed E-state index contributed by atoms with van der Waals surface area (Å²) in [4.78, 5) is 17.9. The standard InChI is InChI=1S/C13H21N3O/c1-3-9-16(13(17)11(2)14)10-7-12-6-4-5-8-15-12/h4-6,8,11H,3,7,9-10,14H2,1-2H3/t11-/m0/s1. The first-order valence-corrected chi connectivity index (χ1v) is 6.09. The van der Waals surface area contributed by atoms with E-state index >= 15 is 0 Å². The van der Waals surface area contributed by atoms with E-state index in [1.54, 1.807) is 13.1 Å². The minimum Gasteiger partial charge on any atom is -0.341 e. The average Bonchev–Trinajstić information content (AvgIpc) is 2.34. The summed E-state index contributed by atoms with van der Waals surface area (Å²) in [6.07, 6.45) is 3.49. The van der Waals surface area contributed by atoms with Gasteiger partial charge in [-0.05, 0) is 25.5 Å². The number of nitrogens with two attached hydrogens (primary N) is 1. The van der Waals surface area contributed by atoms with Crippen molar-refractivity contribution in [3.05, 3.63) is 30.1 Å². The number of aromatic nitrogens is 1. The maximum absolute atomic E-state index is 11.8. The van der Waals surface area contributed by atoms with Gasteiger partial charge in [0, 0.05) is 31.4 Å². The summed E-state index contributed by atoms with van der Waals surface area (Å²) in [5.74, 6) is 0.0165. The molecule has 2 N–H and O–H groups in total. The summed E-state index contributed by atoms with van der Waals surface area (Å²) >= 11 is 0. The summed E-state index contributed by atoms with van der Waals surface area (Å²) in [5, 5.41) is 0. The molecule has 1 heterocycles. The van der Waals surface area contributed by atoms with E-state index in [4.69, 9.17) is 5.73 Å². The van der Waals surface area contributed by atoms with Crippen molar-refractivity contribution in [1.29, 1.82) is 0 Å². The van der Waals surface area contributed by atoms with Crippen molar-refractivity contribution in [1.82, 2.24) is 9.88 Å². The van der Waals surface area contributed by atoms with Crippen LogP contribution < -0.4 is 5.73 Å². The first-order valence-electron chi connectivity index (χ1n) is 6.09. The van der Waals surface area contributed by atoms with E-state index in [-0.39, 0.29) is 5.91 Å². The van der Waals surface area contributed by atoms with Gasteiger partial charge >= 0.3 is 0 Å². The minimum absolute atomic E-state index is 0.0165. The molecule has 0 bridgehead atoms. The molecule has 94 valence electrons. The second-order valence-electron chi connectivity index (χ2n) is 4.19.